The Balaban J connectivity index is 1.62. The molecule has 0 aromatic carbocycles. The van der Waals surface area contributed by atoms with E-state index in [2.05, 4.69) is 13.8 Å². The summed E-state index contributed by atoms with van der Waals surface area (Å²) in [5, 5.41) is 20.0. The van der Waals surface area contributed by atoms with Gasteiger partial charge in [0.2, 0.25) is 11.8 Å². The van der Waals surface area contributed by atoms with Crippen LogP contribution < -0.4 is 0 Å². The number of hydrogen-bond acceptors (Lipinski definition) is 8. The van der Waals surface area contributed by atoms with E-state index >= 15 is 0 Å². The molecule has 2 aliphatic heterocycles. The maximum absolute atomic E-state index is 13.3. The number of carbonyl (C=O) groups excluding carboxylic acids is 3. The van der Waals surface area contributed by atoms with Gasteiger partial charge in [-0.3, -0.25) is 9.59 Å². The summed E-state index contributed by atoms with van der Waals surface area (Å²) in [4.78, 5) is 39.2. The lowest BCUT2D eigenvalue weighted by Gasteiger charge is -2.43. The zero-order chi connectivity index (χ0) is 26.7. The zero-order valence-corrected chi connectivity index (χ0v) is 21.8. The monoisotopic (exact) mass is 513 g/mol. The third-order valence-corrected chi connectivity index (χ3v) is 7.70. The van der Waals surface area contributed by atoms with Gasteiger partial charge in [-0.2, -0.15) is 4.90 Å². The minimum atomic E-state index is -1.06. The van der Waals surface area contributed by atoms with Crippen LogP contribution in [-0.4, -0.2) is 53.3 Å². The van der Waals surface area contributed by atoms with E-state index in [9.17, 15) is 24.5 Å². The first-order chi connectivity index (χ1) is 17.8. The van der Waals surface area contributed by atoms with E-state index in [1.54, 1.807) is 6.07 Å². The van der Waals surface area contributed by atoms with Crippen LogP contribution in [0, 0.1) is 17.8 Å². The van der Waals surface area contributed by atoms with Crippen LogP contribution in [0.15, 0.2) is 33.3 Å². The van der Waals surface area contributed by atoms with Gasteiger partial charge in [0.15, 0.2) is 0 Å². The first-order valence-corrected chi connectivity index (χ1v) is 13.2. The molecule has 2 saturated heterocycles. The third-order valence-electron chi connectivity index (χ3n) is 7.70. The molecule has 1 aromatic heterocycles. The van der Waals surface area contributed by atoms with Crippen molar-refractivity contribution in [3.05, 3.63) is 40.4 Å². The van der Waals surface area contributed by atoms with Gasteiger partial charge in [-0.15, -0.1) is 0 Å². The van der Waals surface area contributed by atoms with E-state index in [-0.39, 0.29) is 18.8 Å². The SMILES string of the molecule is CCCC1=C2[C@@H](CC/C(=C/c3ccc(CO)o3)CCC)OB(O)C[C@@H]2[C@@H]2C(=O)N(C(=O)OC)C(=O)[C@@H]2C1. The lowest BCUT2D eigenvalue weighted by molar-refractivity contribution is -0.137. The molecule has 3 heterocycles. The van der Waals surface area contributed by atoms with Crippen molar-refractivity contribution < 1.29 is 38.3 Å². The second-order valence-electron chi connectivity index (χ2n) is 10.1. The fraction of sp³-hybridized carbons (Fsp3) is 0.593. The average Bonchev–Trinajstić information content (AvgIpc) is 3.43. The van der Waals surface area contributed by atoms with Gasteiger partial charge >= 0.3 is 13.2 Å². The Labute approximate surface area is 217 Å². The van der Waals surface area contributed by atoms with Crippen molar-refractivity contribution in [2.24, 2.45) is 17.8 Å². The summed E-state index contributed by atoms with van der Waals surface area (Å²) in [5.41, 5.74) is 3.27. The largest absolute Gasteiger partial charge is 0.459 e. The summed E-state index contributed by atoms with van der Waals surface area (Å²) in [7, 11) is 0.0892. The number of likely N-dealkylation sites (tertiary alicyclic amines) is 1. The van der Waals surface area contributed by atoms with Crippen molar-refractivity contribution in [3.63, 3.8) is 0 Å². The number of aliphatic hydroxyl groups is 1. The van der Waals surface area contributed by atoms with E-state index in [0.717, 1.165) is 49.5 Å². The number of hydrogen-bond donors (Lipinski definition) is 2. The Morgan fingerprint density at radius 2 is 1.97 bits per heavy atom. The van der Waals surface area contributed by atoms with Gasteiger partial charge in [-0.1, -0.05) is 37.8 Å². The highest BCUT2D eigenvalue weighted by atomic mass is 16.5. The molecule has 0 saturated carbocycles. The first-order valence-electron chi connectivity index (χ1n) is 13.2. The Hall–Kier alpha value is -2.69. The van der Waals surface area contributed by atoms with Crippen molar-refractivity contribution in [2.75, 3.05) is 7.11 Å². The van der Waals surface area contributed by atoms with Crippen molar-refractivity contribution in [1.29, 1.82) is 0 Å². The van der Waals surface area contributed by atoms with Crippen LogP contribution in [0.2, 0.25) is 6.32 Å². The molecular weight excluding hydrogens is 477 g/mol. The number of allylic oxidation sites excluding steroid dienone is 2. The molecule has 9 nitrogen and oxygen atoms in total. The lowest BCUT2D eigenvalue weighted by atomic mass is 9.58. The van der Waals surface area contributed by atoms with Crippen LogP contribution in [0.25, 0.3) is 6.08 Å². The molecule has 3 aliphatic rings. The molecule has 200 valence electrons. The van der Waals surface area contributed by atoms with Crippen molar-refractivity contribution in [1.82, 2.24) is 4.90 Å². The molecule has 1 aromatic rings. The normalized spacial score (nSPS) is 26.0. The molecule has 3 amide bonds. The number of imide groups is 3. The third kappa shape index (κ3) is 5.47. The molecule has 2 fully saturated rings. The molecule has 2 N–H and O–H groups in total. The maximum atomic E-state index is 13.3. The van der Waals surface area contributed by atoms with Gasteiger partial charge in [-0.25, -0.2) is 4.79 Å². The predicted octanol–water partition coefficient (Wildman–Crippen LogP) is 4.10. The fourth-order valence-corrected chi connectivity index (χ4v) is 6.24. The number of rotatable bonds is 9. The van der Waals surface area contributed by atoms with Gasteiger partial charge in [0.25, 0.3) is 0 Å². The molecule has 0 bridgehead atoms. The minimum absolute atomic E-state index is 0.155. The van der Waals surface area contributed by atoms with Gasteiger partial charge in [0.1, 0.15) is 18.1 Å². The quantitative estimate of drug-likeness (QED) is 0.287. The summed E-state index contributed by atoms with van der Waals surface area (Å²) in [6.07, 6.45) is 6.01. The van der Waals surface area contributed by atoms with Crippen LogP contribution in [0.5, 0.6) is 0 Å². The number of methoxy groups -OCH3 is 1. The van der Waals surface area contributed by atoms with Crippen molar-refractivity contribution >= 4 is 31.1 Å². The molecule has 37 heavy (non-hydrogen) atoms. The van der Waals surface area contributed by atoms with E-state index in [0.29, 0.717) is 35.7 Å². The zero-order valence-electron chi connectivity index (χ0n) is 21.8. The van der Waals surface area contributed by atoms with E-state index in [1.165, 1.54) is 0 Å². The topological polar surface area (TPSA) is 127 Å². The highest BCUT2D eigenvalue weighted by Crippen LogP contribution is 2.51. The summed E-state index contributed by atoms with van der Waals surface area (Å²) >= 11 is 0. The number of amides is 3. The number of fused-ring (bicyclic) bond motifs is 3. The Kier molecular flexibility index (Phi) is 8.72. The Morgan fingerprint density at radius 3 is 2.62 bits per heavy atom. The van der Waals surface area contributed by atoms with Crippen molar-refractivity contribution in [2.45, 2.75) is 77.8 Å². The summed E-state index contributed by atoms with van der Waals surface area (Å²) in [6.45, 7) is 4.01. The number of nitrogens with zero attached hydrogens (tertiary/aromatic N) is 1. The standard InChI is InChI=1S/C27H36BNO8/c1-4-6-16(12-18-9-10-19(15-30)36-18)8-11-22-23-17(7-5-2)13-20-24(21(23)14-28(34)37-22)26(32)29(25(20)31)27(33)35-3/h9-10,12,20-22,24,30,34H,4-8,11,13-15H2,1-3H3/b16-12+/t20-,21+,22-,24-/m1/s1. The van der Waals surface area contributed by atoms with Gasteiger partial charge < -0.3 is 23.9 Å². The number of aliphatic hydroxyl groups excluding tert-OH is 1. The highest BCUT2D eigenvalue weighted by Gasteiger charge is 2.59. The van der Waals surface area contributed by atoms with E-state index < -0.39 is 43.0 Å². The Morgan fingerprint density at radius 1 is 1.19 bits per heavy atom. The Bertz CT molecular complexity index is 1090. The first kappa shape index (κ1) is 27.4. The lowest BCUT2D eigenvalue weighted by Crippen LogP contribution is -2.46. The molecule has 4 atom stereocenters. The van der Waals surface area contributed by atoms with Crippen LogP contribution in [0.1, 0.15) is 70.3 Å². The van der Waals surface area contributed by atoms with E-state index in [4.69, 9.17) is 13.8 Å². The molecule has 0 spiro atoms. The van der Waals surface area contributed by atoms with Crippen LogP contribution in [0.4, 0.5) is 4.79 Å². The van der Waals surface area contributed by atoms with Gasteiger partial charge in [0.05, 0.1) is 25.0 Å². The molecular formula is C27H36BNO8. The summed E-state index contributed by atoms with van der Waals surface area (Å²) in [6, 6.07) is 3.58. The van der Waals surface area contributed by atoms with E-state index in [1.807, 2.05) is 12.1 Å². The van der Waals surface area contributed by atoms with Crippen LogP contribution in [-0.2, 0) is 25.6 Å². The van der Waals surface area contributed by atoms with Crippen molar-refractivity contribution in [3.8, 4) is 0 Å². The van der Waals surface area contributed by atoms with Gasteiger partial charge in [0, 0.05) is 0 Å². The molecule has 4 rings (SSSR count). The second-order valence-corrected chi connectivity index (χ2v) is 10.1. The van der Waals surface area contributed by atoms with Gasteiger partial charge in [-0.05, 0) is 68.1 Å². The summed E-state index contributed by atoms with van der Waals surface area (Å²) in [5.74, 6) is -1.56. The molecule has 0 unspecified atom stereocenters. The molecule has 10 heteroatoms. The smallest absolute Gasteiger partial charge is 0.455 e. The fourth-order valence-electron chi connectivity index (χ4n) is 6.24. The van der Waals surface area contributed by atoms with Crippen LogP contribution in [0.3, 0.4) is 0 Å². The number of carbonyl (C=O) groups is 3. The maximum Gasteiger partial charge on any atom is 0.455 e. The van der Waals surface area contributed by atoms with Crippen LogP contribution >= 0.6 is 0 Å². The predicted molar refractivity (Wildman–Crippen MR) is 136 cm³/mol. The molecule has 0 radical (unpaired) electrons. The number of ether oxygens (including phenoxy) is 1. The average molecular weight is 513 g/mol. The summed E-state index contributed by atoms with van der Waals surface area (Å²) < 4.78 is 16.4. The number of furan rings is 1. The molecule has 1 aliphatic carbocycles. The highest BCUT2D eigenvalue weighted by molar-refractivity contribution is 6.43. The second kappa shape index (κ2) is 11.8. The minimum Gasteiger partial charge on any atom is -0.459 e.